The van der Waals surface area contributed by atoms with Crippen LogP contribution in [0.3, 0.4) is 0 Å². The van der Waals surface area contributed by atoms with Crippen molar-refractivity contribution in [3.05, 3.63) is 29.8 Å². The predicted octanol–water partition coefficient (Wildman–Crippen LogP) is 3.04. The lowest BCUT2D eigenvalue weighted by molar-refractivity contribution is -0.145. The summed E-state index contributed by atoms with van der Waals surface area (Å²) in [6, 6.07) is 3.48. The lowest BCUT2D eigenvalue weighted by atomic mass is 9.95. The lowest BCUT2D eigenvalue weighted by Gasteiger charge is -2.16. The second-order valence-electron chi connectivity index (χ2n) is 5.39. The molecule has 1 aromatic carbocycles. The maximum absolute atomic E-state index is 13.5. The van der Waals surface area contributed by atoms with E-state index in [0.29, 0.717) is 12.8 Å². The summed E-state index contributed by atoms with van der Waals surface area (Å²) in [6.45, 7) is 1.94. The molecule has 1 fully saturated rings. The number of benzene rings is 1. The number of halogens is 2. The third-order valence-electron chi connectivity index (χ3n) is 4.10. The predicted molar refractivity (Wildman–Crippen MR) is 72.6 cm³/mol. The van der Waals surface area contributed by atoms with Crippen LogP contribution in [0, 0.1) is 29.4 Å². The van der Waals surface area contributed by atoms with Crippen LogP contribution in [-0.2, 0) is 9.59 Å². The number of carbonyl (C=O) groups excluding carboxylic acids is 1. The van der Waals surface area contributed by atoms with Crippen LogP contribution in [0.25, 0.3) is 0 Å². The zero-order chi connectivity index (χ0) is 15.6. The van der Waals surface area contributed by atoms with Crippen molar-refractivity contribution < 1.29 is 23.5 Å². The third-order valence-corrected chi connectivity index (χ3v) is 4.10. The molecule has 2 rings (SSSR count). The maximum atomic E-state index is 13.5. The monoisotopic (exact) mass is 297 g/mol. The normalized spacial score (nSPS) is 24.8. The van der Waals surface area contributed by atoms with Crippen molar-refractivity contribution in [2.75, 3.05) is 5.32 Å². The quantitative estimate of drug-likeness (QED) is 0.897. The Balaban J connectivity index is 2.15. The molecule has 4 nitrogen and oxygen atoms in total. The lowest BCUT2D eigenvalue weighted by Crippen LogP contribution is -2.30. The molecule has 3 atom stereocenters. The van der Waals surface area contributed by atoms with Gasteiger partial charge in [-0.25, -0.2) is 8.78 Å². The van der Waals surface area contributed by atoms with Gasteiger partial charge in [0.05, 0.1) is 17.5 Å². The smallest absolute Gasteiger partial charge is 0.307 e. The van der Waals surface area contributed by atoms with Crippen LogP contribution in [0.1, 0.15) is 26.2 Å². The molecule has 3 unspecified atom stereocenters. The highest BCUT2D eigenvalue weighted by Crippen LogP contribution is 2.39. The molecule has 0 aliphatic heterocycles. The minimum atomic E-state index is -1.14. The van der Waals surface area contributed by atoms with E-state index < -0.39 is 35.3 Å². The van der Waals surface area contributed by atoms with Crippen LogP contribution >= 0.6 is 0 Å². The number of carbonyl (C=O) groups is 2. The van der Waals surface area contributed by atoms with E-state index in [0.717, 1.165) is 12.5 Å². The highest BCUT2D eigenvalue weighted by molar-refractivity contribution is 5.95. The topological polar surface area (TPSA) is 66.4 Å². The largest absolute Gasteiger partial charge is 0.481 e. The Bertz CT molecular complexity index is 562. The van der Waals surface area contributed by atoms with E-state index >= 15 is 0 Å². The molecule has 0 aromatic heterocycles. The molecule has 6 heteroatoms. The molecule has 114 valence electrons. The third kappa shape index (κ3) is 3.20. The van der Waals surface area contributed by atoms with Gasteiger partial charge in [-0.15, -0.1) is 0 Å². The van der Waals surface area contributed by atoms with E-state index in [-0.39, 0.29) is 11.6 Å². The average molecular weight is 297 g/mol. The van der Waals surface area contributed by atoms with Gasteiger partial charge in [-0.3, -0.25) is 9.59 Å². The van der Waals surface area contributed by atoms with Crippen molar-refractivity contribution >= 4 is 17.6 Å². The summed E-state index contributed by atoms with van der Waals surface area (Å²) in [6.07, 6.45) is 1.69. The van der Waals surface area contributed by atoms with E-state index in [1.807, 2.05) is 6.92 Å². The number of carboxylic acid groups (broad SMARTS) is 1. The Morgan fingerprint density at radius 2 is 1.95 bits per heavy atom. The van der Waals surface area contributed by atoms with Gasteiger partial charge in [-0.05, 0) is 30.9 Å². The maximum Gasteiger partial charge on any atom is 0.307 e. The fourth-order valence-corrected chi connectivity index (χ4v) is 2.86. The Hall–Kier alpha value is -1.98. The number of nitrogens with one attached hydrogen (secondary N) is 1. The van der Waals surface area contributed by atoms with E-state index in [1.54, 1.807) is 0 Å². The average Bonchev–Trinajstić information content (AvgIpc) is 2.88. The SMILES string of the molecule is CCC1CC(C(=O)O)C(C(=O)Nc2cccc(F)c2F)C1. The van der Waals surface area contributed by atoms with Gasteiger partial charge in [-0.1, -0.05) is 19.4 Å². The number of aliphatic carboxylic acids is 1. The summed E-state index contributed by atoms with van der Waals surface area (Å²) >= 11 is 0. The van der Waals surface area contributed by atoms with Crippen LogP contribution in [0.2, 0.25) is 0 Å². The number of anilines is 1. The molecule has 1 saturated carbocycles. The standard InChI is InChI=1S/C15H17F2NO3/c1-2-8-6-9(10(7-8)15(20)21)14(19)18-12-5-3-4-11(16)13(12)17/h3-5,8-10H,2,6-7H2,1H3,(H,18,19)(H,20,21). The molecule has 21 heavy (non-hydrogen) atoms. The fourth-order valence-electron chi connectivity index (χ4n) is 2.86. The molecule has 1 aromatic rings. The highest BCUT2D eigenvalue weighted by atomic mass is 19.2. The molecule has 0 bridgehead atoms. The van der Waals surface area contributed by atoms with Gasteiger partial charge in [0.1, 0.15) is 0 Å². The molecule has 0 radical (unpaired) electrons. The zero-order valence-electron chi connectivity index (χ0n) is 11.6. The molecule has 1 aliphatic carbocycles. The first-order chi connectivity index (χ1) is 9.93. The molecular weight excluding hydrogens is 280 g/mol. The number of amides is 1. The number of carboxylic acids is 1. The minimum absolute atomic E-state index is 0.166. The molecule has 0 saturated heterocycles. The Kier molecular flexibility index (Phi) is 4.55. The molecule has 1 aliphatic rings. The summed E-state index contributed by atoms with van der Waals surface area (Å²) in [5.74, 6) is -5.10. The summed E-state index contributed by atoms with van der Waals surface area (Å²) in [4.78, 5) is 23.4. The first-order valence-electron chi connectivity index (χ1n) is 6.91. The van der Waals surface area contributed by atoms with Crippen molar-refractivity contribution in [1.82, 2.24) is 0 Å². The molecule has 1 amide bonds. The minimum Gasteiger partial charge on any atom is -0.481 e. The van der Waals surface area contributed by atoms with E-state index in [2.05, 4.69) is 5.32 Å². The van der Waals surface area contributed by atoms with Crippen molar-refractivity contribution in [3.63, 3.8) is 0 Å². The summed E-state index contributed by atoms with van der Waals surface area (Å²) in [7, 11) is 0. The van der Waals surface area contributed by atoms with Gasteiger partial charge < -0.3 is 10.4 Å². The first-order valence-corrected chi connectivity index (χ1v) is 6.91. The zero-order valence-corrected chi connectivity index (χ0v) is 11.6. The van der Waals surface area contributed by atoms with Crippen LogP contribution in [0.4, 0.5) is 14.5 Å². The Labute approximate surface area is 121 Å². The van der Waals surface area contributed by atoms with Gasteiger partial charge in [0.2, 0.25) is 5.91 Å². The fraction of sp³-hybridized carbons (Fsp3) is 0.467. The first kappa shape index (κ1) is 15.4. The van der Waals surface area contributed by atoms with Crippen molar-refractivity contribution in [3.8, 4) is 0 Å². The molecule has 0 heterocycles. The number of hydrogen-bond acceptors (Lipinski definition) is 2. The molecular formula is C15H17F2NO3. The van der Waals surface area contributed by atoms with Crippen LogP contribution in [0.15, 0.2) is 18.2 Å². The van der Waals surface area contributed by atoms with Gasteiger partial charge in [-0.2, -0.15) is 0 Å². The van der Waals surface area contributed by atoms with E-state index in [1.165, 1.54) is 12.1 Å². The summed E-state index contributed by atoms with van der Waals surface area (Å²) < 4.78 is 26.6. The van der Waals surface area contributed by atoms with E-state index in [4.69, 9.17) is 0 Å². The Morgan fingerprint density at radius 3 is 2.57 bits per heavy atom. The van der Waals surface area contributed by atoms with Crippen molar-refractivity contribution in [2.45, 2.75) is 26.2 Å². The highest BCUT2D eigenvalue weighted by Gasteiger charge is 2.42. The van der Waals surface area contributed by atoms with Crippen LogP contribution < -0.4 is 5.32 Å². The summed E-state index contributed by atoms with van der Waals surface area (Å²) in [5, 5.41) is 11.5. The van der Waals surface area contributed by atoms with Gasteiger partial charge in [0.25, 0.3) is 0 Å². The Morgan fingerprint density at radius 1 is 1.29 bits per heavy atom. The van der Waals surface area contributed by atoms with E-state index in [9.17, 15) is 23.5 Å². The second kappa shape index (κ2) is 6.20. The van der Waals surface area contributed by atoms with Crippen LogP contribution in [0.5, 0.6) is 0 Å². The number of hydrogen-bond donors (Lipinski definition) is 2. The second-order valence-corrected chi connectivity index (χ2v) is 5.39. The van der Waals surface area contributed by atoms with Gasteiger partial charge in [0.15, 0.2) is 11.6 Å². The van der Waals surface area contributed by atoms with Crippen molar-refractivity contribution in [2.24, 2.45) is 17.8 Å². The van der Waals surface area contributed by atoms with Crippen molar-refractivity contribution in [1.29, 1.82) is 0 Å². The van der Waals surface area contributed by atoms with Gasteiger partial charge >= 0.3 is 5.97 Å². The summed E-state index contributed by atoms with van der Waals surface area (Å²) in [5.41, 5.74) is -0.260. The number of rotatable bonds is 4. The molecule has 2 N–H and O–H groups in total. The molecule has 0 spiro atoms. The van der Waals surface area contributed by atoms with Crippen LogP contribution in [-0.4, -0.2) is 17.0 Å². The van der Waals surface area contributed by atoms with Gasteiger partial charge in [0, 0.05) is 0 Å².